The molecular weight excluding hydrogens is 368 g/mol. The van der Waals surface area contributed by atoms with Crippen molar-refractivity contribution in [1.29, 1.82) is 0 Å². The Morgan fingerprint density at radius 2 is 2.03 bits per heavy atom. The van der Waals surface area contributed by atoms with E-state index in [1.165, 1.54) is 27.5 Å². The van der Waals surface area contributed by atoms with E-state index in [4.69, 9.17) is 9.73 Å². The van der Waals surface area contributed by atoms with Gasteiger partial charge < -0.3 is 19.8 Å². The number of cyclic esters (lactones) is 1. The third-order valence-corrected chi connectivity index (χ3v) is 7.45. The lowest BCUT2D eigenvalue weighted by atomic mass is 9.79. The van der Waals surface area contributed by atoms with Gasteiger partial charge in [-0.2, -0.15) is 0 Å². The lowest BCUT2D eigenvalue weighted by molar-refractivity contribution is -0.153. The highest BCUT2D eigenvalue weighted by atomic mass is 16.5. The van der Waals surface area contributed by atoms with Crippen molar-refractivity contribution in [3.8, 4) is 0 Å². The molecule has 6 rings (SSSR count). The molecule has 4 heterocycles. The Morgan fingerprint density at radius 1 is 1.21 bits per heavy atom. The SMILES string of the molecule is Cc1cc2c3c(c1C)CCCC=3C1CN3C(=CC4=C(COC(=O)C4O)[C@@H]3O)C1N=2. The molecule has 0 saturated carbocycles. The van der Waals surface area contributed by atoms with Crippen LogP contribution in [-0.2, 0) is 16.0 Å². The van der Waals surface area contributed by atoms with Crippen molar-refractivity contribution in [2.24, 2.45) is 10.9 Å². The first kappa shape index (κ1) is 17.4. The van der Waals surface area contributed by atoms with Crippen LogP contribution in [0, 0.1) is 19.8 Å². The number of nitrogens with zero attached hydrogens (tertiary/aromatic N) is 2. The summed E-state index contributed by atoms with van der Waals surface area (Å²) >= 11 is 0. The van der Waals surface area contributed by atoms with Gasteiger partial charge in [-0.05, 0) is 61.9 Å². The average Bonchev–Trinajstić information content (AvgIpc) is 3.08. The molecule has 0 amide bonds. The lowest BCUT2D eigenvalue weighted by Gasteiger charge is -2.36. The summed E-state index contributed by atoms with van der Waals surface area (Å²) in [6.45, 7) is 5.08. The molecule has 0 radical (unpaired) electrons. The Morgan fingerprint density at radius 3 is 2.86 bits per heavy atom. The molecule has 4 aliphatic heterocycles. The second kappa shape index (κ2) is 5.80. The molecule has 0 spiro atoms. The van der Waals surface area contributed by atoms with E-state index in [-0.39, 0.29) is 18.6 Å². The van der Waals surface area contributed by atoms with Crippen molar-refractivity contribution in [3.63, 3.8) is 0 Å². The van der Waals surface area contributed by atoms with Gasteiger partial charge in [0.2, 0.25) is 0 Å². The van der Waals surface area contributed by atoms with E-state index in [1.807, 2.05) is 11.0 Å². The molecule has 1 aromatic carbocycles. The van der Waals surface area contributed by atoms with Crippen molar-refractivity contribution in [3.05, 3.63) is 56.3 Å². The van der Waals surface area contributed by atoms with Crippen molar-refractivity contribution in [2.45, 2.75) is 51.5 Å². The topological polar surface area (TPSA) is 82.4 Å². The second-order valence-electron chi connectivity index (χ2n) is 8.84. The number of esters is 1. The van der Waals surface area contributed by atoms with Gasteiger partial charge in [-0.1, -0.05) is 5.57 Å². The van der Waals surface area contributed by atoms with Crippen molar-refractivity contribution in [1.82, 2.24) is 4.90 Å². The first-order chi connectivity index (χ1) is 14.0. The molecule has 2 N–H and O–H groups in total. The smallest absolute Gasteiger partial charge is 0.339 e. The van der Waals surface area contributed by atoms with Gasteiger partial charge >= 0.3 is 5.97 Å². The van der Waals surface area contributed by atoms with E-state index < -0.39 is 18.3 Å². The summed E-state index contributed by atoms with van der Waals surface area (Å²) in [5, 5.41) is 23.8. The van der Waals surface area contributed by atoms with Gasteiger partial charge in [0.05, 0.1) is 11.4 Å². The van der Waals surface area contributed by atoms with Crippen molar-refractivity contribution in [2.75, 3.05) is 13.2 Å². The average molecular weight is 392 g/mol. The van der Waals surface area contributed by atoms with Crippen LogP contribution in [0.3, 0.4) is 0 Å². The highest BCUT2D eigenvalue weighted by Gasteiger charge is 2.48. The van der Waals surface area contributed by atoms with Crippen LogP contribution in [0.4, 0.5) is 0 Å². The second-order valence-corrected chi connectivity index (χ2v) is 8.84. The zero-order valence-corrected chi connectivity index (χ0v) is 16.6. The molecule has 6 heteroatoms. The number of benzene rings is 1. The summed E-state index contributed by atoms with van der Waals surface area (Å²) < 4.78 is 5.05. The van der Waals surface area contributed by atoms with Gasteiger partial charge in [0.15, 0.2) is 12.3 Å². The molecule has 1 saturated heterocycles. The molecule has 1 fully saturated rings. The minimum absolute atomic E-state index is 0.0263. The van der Waals surface area contributed by atoms with E-state index in [0.717, 1.165) is 30.3 Å². The van der Waals surface area contributed by atoms with Gasteiger partial charge in [0, 0.05) is 34.5 Å². The van der Waals surface area contributed by atoms with Gasteiger partial charge in [-0.15, -0.1) is 0 Å². The van der Waals surface area contributed by atoms with Crippen LogP contribution in [0.1, 0.15) is 29.5 Å². The van der Waals surface area contributed by atoms with Crippen LogP contribution < -0.4 is 10.6 Å². The van der Waals surface area contributed by atoms with Crippen LogP contribution in [-0.4, -0.2) is 52.6 Å². The molecule has 5 aliphatic rings. The van der Waals surface area contributed by atoms with Crippen LogP contribution in [0.15, 0.2) is 34.0 Å². The molecular formula is C23H24N2O4. The number of hydrogen-bond acceptors (Lipinski definition) is 6. The first-order valence-corrected chi connectivity index (χ1v) is 10.4. The number of rotatable bonds is 0. The van der Waals surface area contributed by atoms with Crippen molar-refractivity contribution >= 4 is 11.5 Å². The highest BCUT2D eigenvalue weighted by Crippen LogP contribution is 2.44. The standard InChI is InChI=1S/C23H24N2O4/c1-10-6-17-19-12(11(10)2)4-3-5-13(19)15-8-25-18(20(15)24-17)7-14-16(22(25)27)9-29-23(28)21(14)26/h6-7,15,20-22,26-27H,3-5,8-9H2,1-2H3/t15?,20?,21?,22-/m0/s1. The Kier molecular flexibility index (Phi) is 3.48. The summed E-state index contributed by atoms with van der Waals surface area (Å²) in [6, 6.07) is 2.11. The molecule has 29 heavy (non-hydrogen) atoms. The van der Waals surface area contributed by atoms with E-state index in [0.29, 0.717) is 17.7 Å². The number of aliphatic hydroxyl groups is 2. The molecule has 1 aliphatic carbocycles. The minimum Gasteiger partial charge on any atom is -0.459 e. The fourth-order valence-corrected chi connectivity index (χ4v) is 5.86. The number of fused-ring (bicyclic) bond motifs is 4. The number of carbonyl (C=O) groups is 1. The summed E-state index contributed by atoms with van der Waals surface area (Å²) in [7, 11) is 0. The zero-order valence-electron chi connectivity index (χ0n) is 16.6. The first-order valence-electron chi connectivity index (χ1n) is 10.4. The van der Waals surface area contributed by atoms with Crippen LogP contribution in [0.25, 0.3) is 5.57 Å². The Labute approximate surface area is 168 Å². The van der Waals surface area contributed by atoms with Crippen molar-refractivity contribution < 1.29 is 19.7 Å². The quantitative estimate of drug-likeness (QED) is 0.615. The highest BCUT2D eigenvalue weighted by molar-refractivity contribution is 5.81. The number of hydrogen-bond donors (Lipinski definition) is 2. The fourth-order valence-electron chi connectivity index (χ4n) is 5.86. The predicted molar refractivity (Wildman–Crippen MR) is 105 cm³/mol. The Balaban J connectivity index is 1.55. The summed E-state index contributed by atoms with van der Waals surface area (Å²) in [4.78, 5) is 19.0. The molecule has 6 nitrogen and oxygen atoms in total. The third kappa shape index (κ3) is 2.19. The largest absolute Gasteiger partial charge is 0.459 e. The number of aliphatic hydroxyl groups excluding tert-OH is 2. The van der Waals surface area contributed by atoms with Gasteiger partial charge in [-0.3, -0.25) is 4.99 Å². The maximum absolute atomic E-state index is 11.8. The lowest BCUT2D eigenvalue weighted by Crippen LogP contribution is -2.44. The van der Waals surface area contributed by atoms with Crippen LogP contribution in [0.5, 0.6) is 0 Å². The molecule has 150 valence electrons. The van der Waals surface area contributed by atoms with E-state index in [9.17, 15) is 15.0 Å². The third-order valence-electron chi connectivity index (χ3n) is 7.45. The minimum atomic E-state index is -1.34. The molecule has 4 atom stereocenters. The number of ether oxygens (including phenoxy) is 1. The maximum Gasteiger partial charge on any atom is 0.339 e. The molecule has 3 unspecified atom stereocenters. The Bertz CT molecular complexity index is 1160. The van der Waals surface area contributed by atoms with Gasteiger partial charge in [-0.25, -0.2) is 4.79 Å². The van der Waals surface area contributed by atoms with Gasteiger partial charge in [0.1, 0.15) is 6.61 Å². The monoisotopic (exact) mass is 392 g/mol. The van der Waals surface area contributed by atoms with Gasteiger partial charge in [0.25, 0.3) is 0 Å². The maximum atomic E-state index is 11.8. The molecule has 0 aromatic heterocycles. The summed E-state index contributed by atoms with van der Waals surface area (Å²) in [5.41, 5.74) is 7.51. The number of carbonyl (C=O) groups excluding carboxylic acids is 1. The van der Waals surface area contributed by atoms with Crippen LogP contribution in [0.2, 0.25) is 0 Å². The van der Waals surface area contributed by atoms with E-state index in [1.54, 1.807) is 0 Å². The fraction of sp³-hybridized carbons (Fsp3) is 0.478. The molecule has 0 bridgehead atoms. The zero-order chi connectivity index (χ0) is 20.0. The predicted octanol–water partition coefficient (Wildman–Crippen LogP) is 0.154. The van der Waals surface area contributed by atoms with E-state index >= 15 is 0 Å². The summed E-state index contributed by atoms with van der Waals surface area (Å²) in [5.74, 6) is -0.432. The van der Waals surface area contributed by atoms with Crippen LogP contribution >= 0.6 is 0 Å². The number of aryl methyl sites for hydroxylation is 1. The Hall–Kier alpha value is -2.44. The molecule has 1 aromatic rings. The normalized spacial score (nSPS) is 32.0. The summed E-state index contributed by atoms with van der Waals surface area (Å²) in [6.07, 6.45) is 2.96. The van der Waals surface area contributed by atoms with E-state index in [2.05, 4.69) is 19.9 Å².